The van der Waals surface area contributed by atoms with Crippen LogP contribution in [0.1, 0.15) is 60.4 Å². The number of Topliss-reactive ketones (excluding diaryl/α,β-unsaturated/α-hetero) is 1. The molecule has 1 heterocycles. The van der Waals surface area contributed by atoms with Crippen molar-refractivity contribution in [2.45, 2.75) is 53.9 Å². The largest absolute Gasteiger partial charge is 0.416 e. The Kier molecular flexibility index (Phi) is 7.88. The van der Waals surface area contributed by atoms with Crippen LogP contribution < -0.4 is 0 Å². The maximum atomic E-state index is 13.2. The molecule has 172 valence electrons. The number of aromatic nitrogens is 1. The molecule has 0 aliphatic heterocycles. The highest BCUT2D eigenvalue weighted by Gasteiger charge is 2.31. The zero-order chi connectivity index (χ0) is 24.2. The summed E-state index contributed by atoms with van der Waals surface area (Å²) in [5.41, 5.74) is 2.16. The first-order chi connectivity index (χ1) is 15.0. The third-order valence-electron chi connectivity index (χ3n) is 5.18. The van der Waals surface area contributed by atoms with Crippen molar-refractivity contribution in [3.05, 3.63) is 70.4 Å². The van der Waals surface area contributed by atoms with E-state index in [1.54, 1.807) is 24.6 Å². The first-order valence-corrected chi connectivity index (χ1v) is 10.5. The number of rotatable bonds is 5. The summed E-state index contributed by atoms with van der Waals surface area (Å²) in [6, 6.07) is 11.3. The summed E-state index contributed by atoms with van der Waals surface area (Å²) in [6.45, 7) is 8.57. The first-order valence-electron chi connectivity index (χ1n) is 10.5. The molecule has 7 heteroatoms. The van der Waals surface area contributed by atoms with Gasteiger partial charge in [0, 0.05) is 50.5 Å². The average molecular weight is 447 g/mol. The third-order valence-corrected chi connectivity index (χ3v) is 5.18. The van der Waals surface area contributed by atoms with Gasteiger partial charge in [-0.1, -0.05) is 43.7 Å². The highest BCUT2D eigenvalue weighted by Crippen LogP contribution is 2.32. The molecular formula is C25H29F3N2O2. The number of carbonyl (C=O) groups excluding carboxylic acids is 2. The van der Waals surface area contributed by atoms with Crippen molar-refractivity contribution in [2.24, 2.45) is 7.05 Å². The number of carbonyl (C=O) groups is 2. The molecule has 32 heavy (non-hydrogen) atoms. The van der Waals surface area contributed by atoms with Crippen LogP contribution in [-0.4, -0.2) is 21.2 Å². The number of fused-ring (bicyclic) bond motifs is 1. The Labute approximate surface area is 186 Å². The predicted molar refractivity (Wildman–Crippen MR) is 120 cm³/mol. The van der Waals surface area contributed by atoms with Crippen LogP contribution in [0, 0.1) is 6.92 Å². The van der Waals surface area contributed by atoms with Crippen molar-refractivity contribution >= 4 is 22.6 Å². The number of hydrogen-bond donors (Lipinski definition) is 0. The van der Waals surface area contributed by atoms with E-state index < -0.39 is 11.7 Å². The second-order valence-corrected chi connectivity index (χ2v) is 7.54. The third kappa shape index (κ3) is 5.39. The minimum atomic E-state index is -4.46. The Morgan fingerprint density at radius 1 is 1.00 bits per heavy atom. The van der Waals surface area contributed by atoms with Crippen molar-refractivity contribution in [1.82, 2.24) is 9.47 Å². The van der Waals surface area contributed by atoms with E-state index in [9.17, 15) is 22.8 Å². The van der Waals surface area contributed by atoms with Crippen molar-refractivity contribution in [3.63, 3.8) is 0 Å². The average Bonchev–Trinajstić information content (AvgIpc) is 3.00. The number of ketones is 1. The van der Waals surface area contributed by atoms with Gasteiger partial charge in [0.1, 0.15) is 0 Å². The van der Waals surface area contributed by atoms with Gasteiger partial charge in [0.05, 0.1) is 11.3 Å². The molecule has 0 saturated carbocycles. The summed E-state index contributed by atoms with van der Waals surface area (Å²) in [6.07, 6.45) is -4.46. The number of amides is 1. The SMILES string of the molecule is CC.CC(=O)c1c(CN(Cc2cc(C)cc(C(F)(F)F)c2)C(C)=O)c2ccccc2n1C. The number of para-hydroxylation sites is 1. The monoisotopic (exact) mass is 446 g/mol. The number of nitrogens with zero attached hydrogens (tertiary/aromatic N) is 2. The quantitative estimate of drug-likeness (QED) is 0.433. The molecule has 1 aromatic heterocycles. The van der Waals surface area contributed by atoms with Crippen LogP contribution >= 0.6 is 0 Å². The Balaban J connectivity index is 0.00000176. The Bertz CT molecular complexity index is 1130. The number of hydrogen-bond acceptors (Lipinski definition) is 2. The van der Waals surface area contributed by atoms with E-state index in [1.165, 1.54) is 18.7 Å². The lowest BCUT2D eigenvalue weighted by Gasteiger charge is -2.23. The second kappa shape index (κ2) is 10.0. The summed E-state index contributed by atoms with van der Waals surface area (Å²) in [5.74, 6) is -0.422. The van der Waals surface area contributed by atoms with Gasteiger partial charge in [-0.25, -0.2) is 0 Å². The molecule has 0 bridgehead atoms. The number of alkyl halides is 3. The van der Waals surface area contributed by atoms with Gasteiger partial charge in [-0.3, -0.25) is 9.59 Å². The molecule has 4 nitrogen and oxygen atoms in total. The summed E-state index contributed by atoms with van der Waals surface area (Å²) < 4.78 is 41.4. The Hall–Kier alpha value is -3.09. The van der Waals surface area contributed by atoms with E-state index in [4.69, 9.17) is 0 Å². The highest BCUT2D eigenvalue weighted by atomic mass is 19.4. The standard InChI is InChI=1S/C23H23F3N2O2.C2H6/c1-14-9-17(11-18(10-14)23(24,25)26)12-28(16(3)30)13-20-19-7-5-6-8-21(19)27(4)22(20)15(2)29;1-2/h5-11H,12-13H2,1-4H3;1-2H3. The van der Waals surface area contributed by atoms with E-state index in [0.717, 1.165) is 23.0 Å². The van der Waals surface area contributed by atoms with Crippen LogP contribution in [0.25, 0.3) is 10.9 Å². The maximum Gasteiger partial charge on any atom is 0.416 e. The first kappa shape index (κ1) is 25.2. The van der Waals surface area contributed by atoms with E-state index in [-0.39, 0.29) is 24.8 Å². The molecule has 0 aliphatic carbocycles. The molecule has 0 unspecified atom stereocenters. The topological polar surface area (TPSA) is 42.3 Å². The minimum Gasteiger partial charge on any atom is -0.341 e. The molecular weight excluding hydrogens is 417 g/mol. The van der Waals surface area contributed by atoms with Crippen LogP contribution in [-0.2, 0) is 31.1 Å². The van der Waals surface area contributed by atoms with Gasteiger partial charge in [-0.15, -0.1) is 0 Å². The molecule has 0 fully saturated rings. The molecule has 3 aromatic rings. The molecule has 0 saturated heterocycles. The van der Waals surface area contributed by atoms with Crippen molar-refractivity contribution < 1.29 is 22.8 Å². The highest BCUT2D eigenvalue weighted by molar-refractivity contribution is 6.01. The van der Waals surface area contributed by atoms with Gasteiger partial charge in [-0.2, -0.15) is 13.2 Å². The summed E-state index contributed by atoms with van der Waals surface area (Å²) >= 11 is 0. The second-order valence-electron chi connectivity index (χ2n) is 7.54. The maximum absolute atomic E-state index is 13.2. The minimum absolute atomic E-state index is 0.0145. The molecule has 0 aliphatic rings. The van der Waals surface area contributed by atoms with Crippen LogP contribution in [0.3, 0.4) is 0 Å². The molecule has 1 amide bonds. The van der Waals surface area contributed by atoms with Crippen LogP contribution in [0.15, 0.2) is 42.5 Å². The molecule has 3 rings (SSSR count). The lowest BCUT2D eigenvalue weighted by atomic mass is 10.0. The van der Waals surface area contributed by atoms with Crippen LogP contribution in [0.2, 0.25) is 0 Å². The van der Waals surface area contributed by atoms with Crippen molar-refractivity contribution in [2.75, 3.05) is 0 Å². The zero-order valence-corrected chi connectivity index (χ0v) is 19.3. The fourth-order valence-electron chi connectivity index (χ4n) is 3.89. The van der Waals surface area contributed by atoms with Gasteiger partial charge in [0.15, 0.2) is 5.78 Å². The Morgan fingerprint density at radius 2 is 1.62 bits per heavy atom. The summed E-state index contributed by atoms with van der Waals surface area (Å²) in [7, 11) is 1.79. The number of benzene rings is 2. The smallest absolute Gasteiger partial charge is 0.341 e. The fraction of sp³-hybridized carbons (Fsp3) is 0.360. The lowest BCUT2D eigenvalue weighted by molar-refractivity contribution is -0.137. The number of halogens is 3. The molecule has 2 aromatic carbocycles. The molecule has 0 radical (unpaired) electrons. The zero-order valence-electron chi connectivity index (χ0n) is 19.3. The Morgan fingerprint density at radius 3 is 2.19 bits per heavy atom. The molecule has 0 atom stereocenters. The normalized spacial score (nSPS) is 11.2. The van der Waals surface area contributed by atoms with Crippen LogP contribution in [0.5, 0.6) is 0 Å². The van der Waals surface area contributed by atoms with E-state index >= 15 is 0 Å². The number of aryl methyl sites for hydroxylation is 2. The lowest BCUT2D eigenvalue weighted by Crippen LogP contribution is -2.28. The van der Waals surface area contributed by atoms with Gasteiger partial charge in [0.2, 0.25) is 5.91 Å². The predicted octanol–water partition coefficient (Wildman–Crippen LogP) is 6.28. The van der Waals surface area contributed by atoms with E-state index in [0.29, 0.717) is 22.4 Å². The van der Waals surface area contributed by atoms with Crippen molar-refractivity contribution in [1.29, 1.82) is 0 Å². The van der Waals surface area contributed by atoms with Crippen LogP contribution in [0.4, 0.5) is 13.2 Å². The summed E-state index contributed by atoms with van der Waals surface area (Å²) in [4.78, 5) is 26.1. The van der Waals surface area contributed by atoms with Gasteiger partial charge < -0.3 is 9.47 Å². The van der Waals surface area contributed by atoms with Gasteiger partial charge in [0.25, 0.3) is 0 Å². The summed E-state index contributed by atoms with van der Waals surface area (Å²) in [5, 5.41) is 0.844. The van der Waals surface area contributed by atoms with E-state index in [1.807, 2.05) is 38.1 Å². The van der Waals surface area contributed by atoms with E-state index in [2.05, 4.69) is 0 Å². The van der Waals surface area contributed by atoms with Crippen molar-refractivity contribution in [3.8, 4) is 0 Å². The fourth-order valence-corrected chi connectivity index (χ4v) is 3.89. The van der Waals surface area contributed by atoms with Gasteiger partial charge in [-0.05, 0) is 30.7 Å². The molecule has 0 spiro atoms. The van der Waals surface area contributed by atoms with Gasteiger partial charge >= 0.3 is 6.18 Å². The molecule has 0 N–H and O–H groups in total.